The maximum absolute atomic E-state index is 13.0. The Kier molecular flexibility index (Phi) is 3.76. The molecule has 2 aliphatic heterocycles. The SMILES string of the molecule is O=C(Nc1ccc2c(c1)OCO2)[C@H]1CC(=O)N(c2ccc(F)cc2)C1. The van der Waals surface area contributed by atoms with E-state index in [1.165, 1.54) is 29.2 Å². The third kappa shape index (κ3) is 3.00. The van der Waals surface area contributed by atoms with E-state index in [0.29, 0.717) is 22.9 Å². The first-order chi connectivity index (χ1) is 12.1. The molecule has 1 N–H and O–H groups in total. The second-order valence-electron chi connectivity index (χ2n) is 5.94. The normalized spacial score (nSPS) is 18.5. The Morgan fingerprint density at radius 3 is 2.68 bits per heavy atom. The van der Waals surface area contributed by atoms with Crippen LogP contribution >= 0.6 is 0 Å². The summed E-state index contributed by atoms with van der Waals surface area (Å²) in [5.74, 6) is -0.0190. The number of anilines is 2. The van der Waals surface area contributed by atoms with Crippen molar-refractivity contribution in [3.63, 3.8) is 0 Å². The number of nitrogens with zero attached hydrogens (tertiary/aromatic N) is 1. The number of halogens is 1. The molecule has 0 saturated carbocycles. The molecule has 4 rings (SSSR count). The van der Waals surface area contributed by atoms with E-state index in [1.54, 1.807) is 18.2 Å². The van der Waals surface area contributed by atoms with Crippen LogP contribution < -0.4 is 19.7 Å². The largest absolute Gasteiger partial charge is 0.454 e. The number of hydrogen-bond acceptors (Lipinski definition) is 4. The van der Waals surface area contributed by atoms with Gasteiger partial charge < -0.3 is 19.7 Å². The van der Waals surface area contributed by atoms with Crippen LogP contribution in [0, 0.1) is 11.7 Å². The molecule has 1 atom stereocenters. The zero-order valence-corrected chi connectivity index (χ0v) is 13.2. The van der Waals surface area contributed by atoms with Crippen molar-refractivity contribution in [2.75, 3.05) is 23.6 Å². The highest BCUT2D eigenvalue weighted by Gasteiger charge is 2.35. The van der Waals surface area contributed by atoms with Crippen LogP contribution in [0.5, 0.6) is 11.5 Å². The number of carbonyl (C=O) groups is 2. The summed E-state index contributed by atoms with van der Waals surface area (Å²) in [6.07, 6.45) is 0.119. The van der Waals surface area contributed by atoms with Crippen molar-refractivity contribution >= 4 is 23.2 Å². The summed E-state index contributed by atoms with van der Waals surface area (Å²) in [4.78, 5) is 26.2. The third-order valence-electron chi connectivity index (χ3n) is 4.27. The van der Waals surface area contributed by atoms with Gasteiger partial charge >= 0.3 is 0 Å². The molecule has 2 aliphatic rings. The molecule has 1 fully saturated rings. The first kappa shape index (κ1) is 15.4. The van der Waals surface area contributed by atoms with Crippen LogP contribution in [0.1, 0.15) is 6.42 Å². The van der Waals surface area contributed by atoms with E-state index in [-0.39, 0.29) is 37.4 Å². The molecular formula is C18H15FN2O4. The maximum atomic E-state index is 13.0. The third-order valence-corrected chi connectivity index (χ3v) is 4.27. The Balaban J connectivity index is 1.44. The Morgan fingerprint density at radius 1 is 1.12 bits per heavy atom. The van der Waals surface area contributed by atoms with Crippen molar-refractivity contribution in [1.82, 2.24) is 0 Å². The predicted molar refractivity (Wildman–Crippen MR) is 88.1 cm³/mol. The zero-order chi connectivity index (χ0) is 17.4. The Morgan fingerprint density at radius 2 is 1.88 bits per heavy atom. The van der Waals surface area contributed by atoms with Crippen LogP contribution in [-0.4, -0.2) is 25.2 Å². The lowest BCUT2D eigenvalue weighted by Gasteiger charge is -2.16. The van der Waals surface area contributed by atoms with E-state index in [9.17, 15) is 14.0 Å². The number of hydrogen-bond donors (Lipinski definition) is 1. The van der Waals surface area contributed by atoms with E-state index in [2.05, 4.69) is 5.32 Å². The monoisotopic (exact) mass is 342 g/mol. The average Bonchev–Trinajstić information content (AvgIpc) is 3.22. The fraction of sp³-hybridized carbons (Fsp3) is 0.222. The van der Waals surface area contributed by atoms with E-state index in [0.717, 1.165) is 0 Å². The van der Waals surface area contributed by atoms with E-state index in [1.807, 2.05) is 0 Å². The van der Waals surface area contributed by atoms with Gasteiger partial charge in [0.15, 0.2) is 11.5 Å². The summed E-state index contributed by atoms with van der Waals surface area (Å²) in [5, 5.41) is 2.80. The molecule has 0 bridgehead atoms. The van der Waals surface area contributed by atoms with Crippen LogP contribution in [0.4, 0.5) is 15.8 Å². The molecule has 1 saturated heterocycles. The average molecular weight is 342 g/mol. The van der Waals surface area contributed by atoms with Gasteiger partial charge in [-0.1, -0.05) is 0 Å². The van der Waals surface area contributed by atoms with Gasteiger partial charge in [-0.25, -0.2) is 4.39 Å². The van der Waals surface area contributed by atoms with Crippen LogP contribution in [0.2, 0.25) is 0 Å². The molecule has 0 aliphatic carbocycles. The van der Waals surface area contributed by atoms with Gasteiger partial charge in [0.2, 0.25) is 18.6 Å². The predicted octanol–water partition coefficient (Wildman–Crippen LogP) is 2.55. The molecule has 2 amide bonds. The van der Waals surface area contributed by atoms with Gasteiger partial charge in [-0.15, -0.1) is 0 Å². The van der Waals surface area contributed by atoms with Crippen molar-refractivity contribution in [1.29, 1.82) is 0 Å². The Hall–Kier alpha value is -3.09. The molecule has 2 aromatic carbocycles. The Bertz CT molecular complexity index is 837. The minimum atomic E-state index is -0.469. The molecule has 6 nitrogen and oxygen atoms in total. The van der Waals surface area contributed by atoms with E-state index < -0.39 is 5.92 Å². The topological polar surface area (TPSA) is 67.9 Å². The highest BCUT2D eigenvalue weighted by Crippen LogP contribution is 2.34. The summed E-state index contributed by atoms with van der Waals surface area (Å²) in [7, 11) is 0. The number of rotatable bonds is 3. The lowest BCUT2D eigenvalue weighted by Crippen LogP contribution is -2.28. The molecule has 7 heteroatoms. The smallest absolute Gasteiger partial charge is 0.231 e. The zero-order valence-electron chi connectivity index (χ0n) is 13.2. The number of nitrogens with one attached hydrogen (secondary N) is 1. The number of fused-ring (bicyclic) bond motifs is 1. The van der Waals surface area contributed by atoms with Crippen LogP contribution in [-0.2, 0) is 9.59 Å². The highest BCUT2D eigenvalue weighted by molar-refractivity contribution is 6.03. The number of amides is 2. The fourth-order valence-corrected chi connectivity index (χ4v) is 2.97. The molecule has 0 spiro atoms. The Labute approximate surface area is 143 Å². The number of ether oxygens (including phenoxy) is 2. The van der Waals surface area contributed by atoms with Crippen molar-refractivity contribution in [3.05, 3.63) is 48.3 Å². The van der Waals surface area contributed by atoms with Crippen molar-refractivity contribution < 1.29 is 23.5 Å². The molecule has 2 aromatic rings. The molecule has 25 heavy (non-hydrogen) atoms. The van der Waals surface area contributed by atoms with Gasteiger partial charge in [0.05, 0.1) is 5.92 Å². The van der Waals surface area contributed by atoms with Gasteiger partial charge in [0.1, 0.15) is 5.82 Å². The van der Waals surface area contributed by atoms with Crippen LogP contribution in [0.3, 0.4) is 0 Å². The minimum absolute atomic E-state index is 0.119. The molecule has 0 radical (unpaired) electrons. The minimum Gasteiger partial charge on any atom is -0.454 e. The maximum Gasteiger partial charge on any atom is 0.231 e. The molecule has 0 aromatic heterocycles. The first-order valence-electron chi connectivity index (χ1n) is 7.86. The quantitative estimate of drug-likeness (QED) is 0.931. The van der Waals surface area contributed by atoms with Gasteiger partial charge in [0.25, 0.3) is 0 Å². The summed E-state index contributed by atoms with van der Waals surface area (Å²) in [6, 6.07) is 10.8. The van der Waals surface area contributed by atoms with Crippen LogP contribution in [0.25, 0.3) is 0 Å². The lowest BCUT2D eigenvalue weighted by atomic mass is 10.1. The van der Waals surface area contributed by atoms with E-state index >= 15 is 0 Å². The van der Waals surface area contributed by atoms with Crippen molar-refractivity contribution in [2.45, 2.75) is 6.42 Å². The van der Waals surface area contributed by atoms with E-state index in [4.69, 9.17) is 9.47 Å². The fourth-order valence-electron chi connectivity index (χ4n) is 2.97. The second-order valence-corrected chi connectivity index (χ2v) is 5.94. The van der Waals surface area contributed by atoms with Gasteiger partial charge in [0, 0.05) is 30.4 Å². The van der Waals surface area contributed by atoms with Gasteiger partial charge in [-0.2, -0.15) is 0 Å². The number of carbonyl (C=O) groups excluding carboxylic acids is 2. The molecule has 0 unspecified atom stereocenters. The summed E-state index contributed by atoms with van der Waals surface area (Å²) in [5.41, 5.74) is 1.17. The van der Waals surface area contributed by atoms with Crippen LogP contribution in [0.15, 0.2) is 42.5 Å². The molecule has 128 valence electrons. The second kappa shape index (κ2) is 6.08. The number of benzene rings is 2. The van der Waals surface area contributed by atoms with Crippen molar-refractivity contribution in [3.8, 4) is 11.5 Å². The lowest BCUT2D eigenvalue weighted by molar-refractivity contribution is -0.122. The van der Waals surface area contributed by atoms with Gasteiger partial charge in [-0.3, -0.25) is 9.59 Å². The molecule has 2 heterocycles. The van der Waals surface area contributed by atoms with Crippen molar-refractivity contribution in [2.24, 2.45) is 5.92 Å². The summed E-state index contributed by atoms with van der Waals surface area (Å²) < 4.78 is 23.5. The summed E-state index contributed by atoms with van der Waals surface area (Å²) >= 11 is 0. The summed E-state index contributed by atoms with van der Waals surface area (Å²) in [6.45, 7) is 0.428. The first-order valence-corrected chi connectivity index (χ1v) is 7.86. The molecular weight excluding hydrogens is 327 g/mol. The van der Waals surface area contributed by atoms with Gasteiger partial charge in [-0.05, 0) is 36.4 Å². The highest BCUT2D eigenvalue weighted by atomic mass is 19.1. The standard InChI is InChI=1S/C18H15FN2O4/c19-12-1-4-14(5-2-12)21-9-11(7-17(21)22)18(23)20-13-3-6-15-16(8-13)25-10-24-15/h1-6,8,11H,7,9-10H2,(H,20,23)/t11-/m0/s1.